The normalized spacial score (nSPS) is 10.9. The summed E-state index contributed by atoms with van der Waals surface area (Å²) in [7, 11) is 0. The zero-order chi connectivity index (χ0) is 16.5. The van der Waals surface area contributed by atoms with Crippen molar-refractivity contribution in [2.75, 3.05) is 0 Å². The summed E-state index contributed by atoms with van der Waals surface area (Å²) in [5, 5.41) is 10.2. The van der Waals surface area contributed by atoms with Gasteiger partial charge in [0.1, 0.15) is 5.75 Å². The topological polar surface area (TPSA) is 20.2 Å². The highest BCUT2D eigenvalue weighted by Gasteiger charge is 2.07. The smallest absolute Gasteiger partial charge is 0.123 e. The van der Waals surface area contributed by atoms with Gasteiger partial charge in [0.05, 0.1) is 0 Å². The van der Waals surface area contributed by atoms with Gasteiger partial charge in [0.2, 0.25) is 0 Å². The van der Waals surface area contributed by atoms with Crippen molar-refractivity contribution in [3.63, 3.8) is 0 Å². The summed E-state index contributed by atoms with van der Waals surface area (Å²) >= 11 is 0. The molecule has 124 valence electrons. The maximum Gasteiger partial charge on any atom is 0.123 e. The van der Waals surface area contributed by atoms with E-state index in [4.69, 9.17) is 0 Å². The minimum absolute atomic E-state index is 0.373. The maximum atomic E-state index is 10.2. The van der Waals surface area contributed by atoms with Gasteiger partial charge in [0.15, 0.2) is 0 Å². The molecule has 1 heteroatoms. The second-order valence-electron chi connectivity index (χ2n) is 6.47. The average Bonchev–Trinajstić information content (AvgIpc) is 2.56. The Morgan fingerprint density at radius 3 is 1.83 bits per heavy atom. The van der Waals surface area contributed by atoms with E-state index < -0.39 is 0 Å². The van der Waals surface area contributed by atoms with Crippen molar-refractivity contribution in [3.8, 4) is 16.9 Å². The molecular formula is C22H30O. The number of phenolic OH excluding ortho intramolecular Hbond substituents is 1. The van der Waals surface area contributed by atoms with Crippen molar-refractivity contribution >= 4 is 0 Å². The van der Waals surface area contributed by atoms with Crippen LogP contribution >= 0.6 is 0 Å². The number of aryl methyl sites for hydroxylation is 2. The SMILES string of the molecule is CCCCCc1cc(CCCCC)cc(-c2ccccc2O)c1. The van der Waals surface area contributed by atoms with Crippen LogP contribution in [-0.4, -0.2) is 5.11 Å². The van der Waals surface area contributed by atoms with E-state index >= 15 is 0 Å². The van der Waals surface area contributed by atoms with Gasteiger partial charge in [-0.05, 0) is 48.4 Å². The first-order valence-electron chi connectivity index (χ1n) is 9.15. The van der Waals surface area contributed by atoms with E-state index in [0.717, 1.165) is 24.0 Å². The molecule has 0 fully saturated rings. The zero-order valence-electron chi connectivity index (χ0n) is 14.6. The van der Waals surface area contributed by atoms with E-state index in [1.807, 2.05) is 18.2 Å². The van der Waals surface area contributed by atoms with E-state index in [-0.39, 0.29) is 0 Å². The lowest BCUT2D eigenvalue weighted by atomic mass is 9.94. The first kappa shape index (κ1) is 17.6. The van der Waals surface area contributed by atoms with E-state index in [0.29, 0.717) is 5.75 Å². The Bertz CT molecular complexity index is 572. The van der Waals surface area contributed by atoms with Crippen LogP contribution in [0.2, 0.25) is 0 Å². The number of hydrogen-bond donors (Lipinski definition) is 1. The van der Waals surface area contributed by atoms with Gasteiger partial charge in [-0.1, -0.05) is 75.9 Å². The fourth-order valence-electron chi connectivity index (χ4n) is 3.08. The van der Waals surface area contributed by atoms with Gasteiger partial charge >= 0.3 is 0 Å². The second kappa shape index (κ2) is 9.39. The highest BCUT2D eigenvalue weighted by atomic mass is 16.3. The molecule has 0 saturated carbocycles. The predicted molar refractivity (Wildman–Crippen MR) is 100 cm³/mol. The quantitative estimate of drug-likeness (QED) is 0.522. The largest absolute Gasteiger partial charge is 0.507 e. The van der Waals surface area contributed by atoms with Gasteiger partial charge in [-0.15, -0.1) is 0 Å². The summed E-state index contributed by atoms with van der Waals surface area (Å²) in [6.45, 7) is 4.49. The summed E-state index contributed by atoms with van der Waals surface area (Å²) in [6.07, 6.45) is 9.83. The van der Waals surface area contributed by atoms with E-state index in [1.165, 1.54) is 49.7 Å². The molecule has 2 aromatic carbocycles. The summed E-state index contributed by atoms with van der Waals surface area (Å²) < 4.78 is 0. The standard InChI is InChI=1S/C22H30O/c1-3-5-7-11-18-15-19(12-8-6-4-2)17-20(16-18)21-13-9-10-14-22(21)23/h9-10,13-17,23H,3-8,11-12H2,1-2H3. The van der Waals surface area contributed by atoms with Crippen molar-refractivity contribution in [3.05, 3.63) is 53.6 Å². The van der Waals surface area contributed by atoms with Crippen molar-refractivity contribution in [1.29, 1.82) is 0 Å². The third kappa shape index (κ3) is 5.42. The molecule has 0 atom stereocenters. The first-order valence-corrected chi connectivity index (χ1v) is 9.15. The molecule has 0 amide bonds. The third-order valence-corrected chi connectivity index (χ3v) is 4.41. The van der Waals surface area contributed by atoms with Gasteiger partial charge in [-0.3, -0.25) is 0 Å². The Balaban J connectivity index is 2.26. The number of benzene rings is 2. The Morgan fingerprint density at radius 1 is 0.739 bits per heavy atom. The molecule has 0 heterocycles. The van der Waals surface area contributed by atoms with Crippen molar-refractivity contribution in [2.24, 2.45) is 0 Å². The van der Waals surface area contributed by atoms with Gasteiger partial charge in [0.25, 0.3) is 0 Å². The average molecular weight is 310 g/mol. The molecule has 0 radical (unpaired) electrons. The molecule has 0 unspecified atom stereocenters. The molecule has 1 nitrogen and oxygen atoms in total. The van der Waals surface area contributed by atoms with Crippen LogP contribution in [0.1, 0.15) is 63.5 Å². The molecule has 0 spiro atoms. The lowest BCUT2D eigenvalue weighted by Gasteiger charge is -2.11. The van der Waals surface area contributed by atoms with Crippen LogP contribution in [0.4, 0.5) is 0 Å². The minimum Gasteiger partial charge on any atom is -0.507 e. The maximum absolute atomic E-state index is 10.2. The number of para-hydroxylation sites is 1. The van der Waals surface area contributed by atoms with E-state index in [2.05, 4.69) is 32.0 Å². The Hall–Kier alpha value is -1.76. The van der Waals surface area contributed by atoms with Crippen molar-refractivity contribution < 1.29 is 5.11 Å². The second-order valence-corrected chi connectivity index (χ2v) is 6.47. The lowest BCUT2D eigenvalue weighted by molar-refractivity contribution is 0.477. The fraction of sp³-hybridized carbons (Fsp3) is 0.455. The van der Waals surface area contributed by atoms with Crippen LogP contribution in [0.25, 0.3) is 11.1 Å². The van der Waals surface area contributed by atoms with Gasteiger partial charge < -0.3 is 5.11 Å². The Labute approximate surface area is 141 Å². The van der Waals surface area contributed by atoms with Crippen LogP contribution in [0.3, 0.4) is 0 Å². The molecule has 23 heavy (non-hydrogen) atoms. The molecule has 0 aromatic heterocycles. The monoisotopic (exact) mass is 310 g/mol. The van der Waals surface area contributed by atoms with Gasteiger partial charge in [-0.2, -0.15) is 0 Å². The summed E-state index contributed by atoms with van der Waals surface area (Å²) in [5.74, 6) is 0.373. The zero-order valence-corrected chi connectivity index (χ0v) is 14.6. The molecule has 0 aliphatic carbocycles. The predicted octanol–water partition coefficient (Wildman–Crippen LogP) is 6.52. The summed E-state index contributed by atoms with van der Waals surface area (Å²) in [5.41, 5.74) is 4.92. The molecular weight excluding hydrogens is 280 g/mol. The van der Waals surface area contributed by atoms with Crippen LogP contribution in [-0.2, 0) is 12.8 Å². The van der Waals surface area contributed by atoms with Crippen molar-refractivity contribution in [2.45, 2.75) is 65.2 Å². The van der Waals surface area contributed by atoms with Crippen LogP contribution in [0.5, 0.6) is 5.75 Å². The molecule has 2 aromatic rings. The molecule has 1 N–H and O–H groups in total. The molecule has 0 saturated heterocycles. The van der Waals surface area contributed by atoms with Crippen LogP contribution < -0.4 is 0 Å². The number of rotatable bonds is 9. The fourth-order valence-corrected chi connectivity index (χ4v) is 3.08. The first-order chi connectivity index (χ1) is 11.2. The molecule has 0 aliphatic rings. The number of hydrogen-bond acceptors (Lipinski definition) is 1. The molecule has 0 bridgehead atoms. The molecule has 0 aliphatic heterocycles. The Morgan fingerprint density at radius 2 is 1.30 bits per heavy atom. The molecule has 2 rings (SSSR count). The minimum atomic E-state index is 0.373. The van der Waals surface area contributed by atoms with Crippen LogP contribution in [0, 0.1) is 0 Å². The van der Waals surface area contributed by atoms with Gasteiger partial charge in [-0.25, -0.2) is 0 Å². The number of unbranched alkanes of at least 4 members (excludes halogenated alkanes) is 4. The number of aromatic hydroxyl groups is 1. The number of phenols is 1. The van der Waals surface area contributed by atoms with E-state index in [1.54, 1.807) is 6.07 Å². The Kier molecular flexibility index (Phi) is 7.19. The highest BCUT2D eigenvalue weighted by Crippen LogP contribution is 2.31. The highest BCUT2D eigenvalue weighted by molar-refractivity contribution is 5.71. The van der Waals surface area contributed by atoms with E-state index in [9.17, 15) is 5.11 Å². The summed E-state index contributed by atoms with van der Waals surface area (Å²) in [6, 6.07) is 14.5. The van der Waals surface area contributed by atoms with Crippen molar-refractivity contribution in [1.82, 2.24) is 0 Å². The lowest BCUT2D eigenvalue weighted by Crippen LogP contribution is -1.93. The van der Waals surface area contributed by atoms with Gasteiger partial charge in [0, 0.05) is 5.56 Å². The van der Waals surface area contributed by atoms with Crippen LogP contribution in [0.15, 0.2) is 42.5 Å². The third-order valence-electron chi connectivity index (χ3n) is 4.41. The summed E-state index contributed by atoms with van der Waals surface area (Å²) in [4.78, 5) is 0.